The van der Waals surface area contributed by atoms with E-state index in [0.29, 0.717) is 4.34 Å². The van der Waals surface area contributed by atoms with Gasteiger partial charge in [-0.25, -0.2) is 8.78 Å². The molecule has 1 aromatic heterocycles. The Kier molecular flexibility index (Phi) is 6.79. The number of halogens is 2. The number of hydrogen-bond donors (Lipinski definition) is 1. The van der Waals surface area contributed by atoms with Crippen LogP contribution in [-0.4, -0.2) is 27.1 Å². The minimum absolute atomic E-state index is 0.429. The molecule has 1 atom stereocenters. The molecule has 0 saturated carbocycles. The first-order valence-corrected chi connectivity index (χ1v) is 9.57. The Labute approximate surface area is 145 Å². The maximum atomic E-state index is 13.5. The van der Waals surface area contributed by atoms with E-state index in [2.05, 4.69) is 22.4 Å². The monoisotopic (exact) mass is 375 g/mol. The number of amides is 1. The van der Waals surface area contributed by atoms with Crippen LogP contribution >= 0.6 is 34.9 Å². The molecule has 2 rings (SSSR count). The van der Waals surface area contributed by atoms with Gasteiger partial charge in [0.15, 0.2) is 8.68 Å². The van der Waals surface area contributed by atoms with Crippen molar-refractivity contribution in [3.05, 3.63) is 29.8 Å². The second-order valence-electron chi connectivity index (χ2n) is 4.53. The van der Waals surface area contributed by atoms with E-state index in [0.717, 1.165) is 28.6 Å². The van der Waals surface area contributed by atoms with Gasteiger partial charge in [-0.05, 0) is 25.5 Å². The Morgan fingerprint density at radius 3 is 2.61 bits per heavy atom. The highest BCUT2D eigenvalue weighted by Gasteiger charge is 2.20. The zero-order valence-electron chi connectivity index (χ0n) is 12.5. The van der Waals surface area contributed by atoms with E-state index in [9.17, 15) is 13.6 Å². The van der Waals surface area contributed by atoms with Crippen LogP contribution < -0.4 is 5.32 Å². The normalized spacial score (nSPS) is 12.2. The minimum Gasteiger partial charge on any atom is -0.320 e. The van der Waals surface area contributed by atoms with Crippen LogP contribution in [0.3, 0.4) is 0 Å². The number of anilines is 1. The van der Waals surface area contributed by atoms with Crippen molar-refractivity contribution < 1.29 is 13.6 Å². The highest BCUT2D eigenvalue weighted by atomic mass is 32.2. The molecule has 1 aromatic carbocycles. The number of para-hydroxylation sites is 1. The maximum Gasteiger partial charge on any atom is 0.237 e. The Morgan fingerprint density at radius 2 is 1.96 bits per heavy atom. The van der Waals surface area contributed by atoms with Crippen LogP contribution in [0, 0.1) is 11.6 Å². The third-order valence-electron chi connectivity index (χ3n) is 2.68. The molecule has 0 bridgehead atoms. The van der Waals surface area contributed by atoms with E-state index >= 15 is 0 Å². The Morgan fingerprint density at radius 1 is 1.30 bits per heavy atom. The molecule has 0 saturated heterocycles. The van der Waals surface area contributed by atoms with Crippen molar-refractivity contribution in [3.63, 3.8) is 0 Å². The minimum atomic E-state index is -0.801. The van der Waals surface area contributed by atoms with Crippen molar-refractivity contribution in [1.82, 2.24) is 10.2 Å². The maximum absolute atomic E-state index is 13.5. The summed E-state index contributed by atoms with van der Waals surface area (Å²) in [7, 11) is 0. The largest absolute Gasteiger partial charge is 0.320 e. The average molecular weight is 375 g/mol. The first-order valence-electron chi connectivity index (χ1n) is 6.89. The number of benzene rings is 1. The van der Waals surface area contributed by atoms with Gasteiger partial charge in [-0.15, -0.1) is 10.2 Å². The van der Waals surface area contributed by atoms with Gasteiger partial charge in [-0.3, -0.25) is 4.79 Å². The molecule has 9 heteroatoms. The van der Waals surface area contributed by atoms with Crippen molar-refractivity contribution >= 4 is 46.5 Å². The highest BCUT2D eigenvalue weighted by Crippen LogP contribution is 2.32. The molecular formula is C14H15F2N3OS3. The molecule has 1 heterocycles. The number of aromatic nitrogens is 2. The predicted molar refractivity (Wildman–Crippen MR) is 91.2 cm³/mol. The summed E-state index contributed by atoms with van der Waals surface area (Å²) in [5.41, 5.74) is -0.429. The summed E-state index contributed by atoms with van der Waals surface area (Å²) in [5.74, 6) is -1.13. The fourth-order valence-electron chi connectivity index (χ4n) is 1.54. The van der Waals surface area contributed by atoms with Crippen LogP contribution in [0.4, 0.5) is 14.5 Å². The molecule has 23 heavy (non-hydrogen) atoms. The number of rotatable bonds is 7. The summed E-state index contributed by atoms with van der Waals surface area (Å²) < 4.78 is 28.6. The lowest BCUT2D eigenvalue weighted by molar-refractivity contribution is -0.115. The Bertz CT molecular complexity index is 661. The quantitative estimate of drug-likeness (QED) is 0.725. The van der Waals surface area contributed by atoms with E-state index in [1.54, 1.807) is 18.7 Å². The van der Waals surface area contributed by atoms with Crippen LogP contribution in [0.2, 0.25) is 0 Å². The van der Waals surface area contributed by atoms with Crippen LogP contribution in [0.1, 0.15) is 20.3 Å². The van der Waals surface area contributed by atoms with Crippen molar-refractivity contribution in [2.45, 2.75) is 34.2 Å². The fourth-order valence-corrected chi connectivity index (χ4v) is 4.63. The smallest absolute Gasteiger partial charge is 0.237 e. The first-order chi connectivity index (χ1) is 11.0. The molecule has 0 aliphatic heterocycles. The van der Waals surface area contributed by atoms with Gasteiger partial charge < -0.3 is 5.32 Å². The molecule has 124 valence electrons. The second-order valence-corrected chi connectivity index (χ2v) is 8.44. The average Bonchev–Trinajstić information content (AvgIpc) is 2.96. The predicted octanol–water partition coefficient (Wildman–Crippen LogP) is 4.44. The van der Waals surface area contributed by atoms with Crippen molar-refractivity contribution in [2.75, 3.05) is 11.1 Å². The van der Waals surface area contributed by atoms with E-state index in [4.69, 9.17) is 0 Å². The van der Waals surface area contributed by atoms with Gasteiger partial charge in [-0.2, -0.15) is 0 Å². The third-order valence-corrected chi connectivity index (χ3v) is 6.12. The van der Waals surface area contributed by atoms with Gasteiger partial charge >= 0.3 is 0 Å². The zero-order chi connectivity index (χ0) is 16.8. The van der Waals surface area contributed by atoms with Gasteiger partial charge in [0.1, 0.15) is 17.3 Å². The number of carbonyl (C=O) groups is 1. The molecule has 1 amide bonds. The summed E-state index contributed by atoms with van der Waals surface area (Å²) in [6.07, 6.45) is 1.04. The molecule has 1 N–H and O–H groups in total. The summed E-state index contributed by atoms with van der Waals surface area (Å²) in [6.45, 7) is 3.73. The van der Waals surface area contributed by atoms with Gasteiger partial charge in [0.25, 0.3) is 0 Å². The van der Waals surface area contributed by atoms with Gasteiger partial charge in [0.2, 0.25) is 5.91 Å². The topological polar surface area (TPSA) is 54.9 Å². The SMILES string of the molecule is CCCSc1nnc(S[C@H](C)C(=O)Nc2c(F)cccc2F)s1. The number of hydrogen-bond acceptors (Lipinski definition) is 6. The highest BCUT2D eigenvalue weighted by molar-refractivity contribution is 8.03. The van der Waals surface area contributed by atoms with Crippen LogP contribution in [0.5, 0.6) is 0 Å². The number of thioether (sulfide) groups is 2. The fraction of sp³-hybridized carbons (Fsp3) is 0.357. The lowest BCUT2D eigenvalue weighted by atomic mass is 10.3. The molecule has 0 fully saturated rings. The summed E-state index contributed by atoms with van der Waals surface area (Å²) in [4.78, 5) is 12.1. The van der Waals surface area contributed by atoms with E-state index in [-0.39, 0.29) is 0 Å². The van der Waals surface area contributed by atoms with Gasteiger partial charge in [0, 0.05) is 5.75 Å². The zero-order valence-corrected chi connectivity index (χ0v) is 15.0. The molecule has 0 spiro atoms. The summed E-state index contributed by atoms with van der Waals surface area (Å²) in [5, 5.41) is 9.78. The van der Waals surface area contributed by atoms with Gasteiger partial charge in [-0.1, -0.05) is 47.9 Å². The lowest BCUT2D eigenvalue weighted by Crippen LogP contribution is -2.23. The second kappa shape index (κ2) is 8.60. The Balaban J connectivity index is 1.96. The van der Waals surface area contributed by atoms with Crippen molar-refractivity contribution in [3.8, 4) is 0 Å². The standard InChI is InChI=1S/C14H15F2N3OS3/c1-3-7-21-13-18-19-14(23-13)22-8(2)12(20)17-11-9(15)5-4-6-10(11)16/h4-6,8H,3,7H2,1-2H3,(H,17,20)/t8-/m1/s1. The van der Waals surface area contributed by atoms with Crippen molar-refractivity contribution in [2.24, 2.45) is 0 Å². The Hall–Kier alpha value is -1.19. The lowest BCUT2D eigenvalue weighted by Gasteiger charge is -2.11. The molecular weight excluding hydrogens is 360 g/mol. The van der Waals surface area contributed by atoms with Crippen LogP contribution in [-0.2, 0) is 4.79 Å². The number of carbonyl (C=O) groups excluding carboxylic acids is 1. The molecule has 0 unspecified atom stereocenters. The molecule has 0 aliphatic carbocycles. The van der Waals surface area contributed by atoms with Crippen LogP contribution in [0.15, 0.2) is 26.9 Å². The summed E-state index contributed by atoms with van der Waals surface area (Å²) >= 11 is 4.23. The molecule has 0 aliphatic rings. The number of nitrogens with one attached hydrogen (secondary N) is 1. The van der Waals surface area contributed by atoms with E-state index in [1.807, 2.05) is 0 Å². The van der Waals surface area contributed by atoms with E-state index < -0.39 is 28.5 Å². The van der Waals surface area contributed by atoms with Crippen LogP contribution in [0.25, 0.3) is 0 Å². The molecule has 2 aromatic rings. The number of nitrogens with zero attached hydrogens (tertiary/aromatic N) is 2. The third kappa shape index (κ3) is 5.15. The van der Waals surface area contributed by atoms with E-state index in [1.165, 1.54) is 29.2 Å². The summed E-state index contributed by atoms with van der Waals surface area (Å²) in [6, 6.07) is 3.44. The van der Waals surface area contributed by atoms with Crippen molar-refractivity contribution in [1.29, 1.82) is 0 Å². The van der Waals surface area contributed by atoms with Gasteiger partial charge in [0.05, 0.1) is 5.25 Å². The molecule has 4 nitrogen and oxygen atoms in total. The molecule has 0 radical (unpaired) electrons. The first kappa shape index (κ1) is 18.2.